The number of benzene rings is 1. The van der Waals surface area contributed by atoms with Crippen molar-refractivity contribution in [2.45, 2.75) is 26.3 Å². The van der Waals surface area contributed by atoms with Gasteiger partial charge in [0.25, 0.3) is 0 Å². The lowest BCUT2D eigenvalue weighted by Gasteiger charge is -2.22. The molecule has 126 valence electrons. The van der Waals surface area contributed by atoms with Crippen molar-refractivity contribution in [2.24, 2.45) is 11.8 Å². The molecular formula is C17H24N2O4. The third kappa shape index (κ3) is 4.01. The second-order valence-corrected chi connectivity index (χ2v) is 6.15. The number of aliphatic hydroxyl groups excluding tert-OH is 1. The van der Waals surface area contributed by atoms with Crippen molar-refractivity contribution in [1.29, 1.82) is 0 Å². The number of hydrogen-bond donors (Lipinski definition) is 2. The standard InChI is InChI=1S/C17H24N2O4/c1-11(2)15(10-20)18-17(22)12-8-16(21)19(9-12)13-4-6-14(23-3)7-5-13/h4-7,11-12,15,20H,8-10H2,1-3H3,(H,18,22)/t12?,15-/m1/s1. The molecule has 0 bridgehead atoms. The number of carbonyl (C=O) groups is 2. The molecule has 2 rings (SSSR count). The van der Waals surface area contributed by atoms with E-state index in [0.717, 1.165) is 11.4 Å². The van der Waals surface area contributed by atoms with Gasteiger partial charge in [-0.1, -0.05) is 13.8 Å². The lowest BCUT2D eigenvalue weighted by atomic mass is 10.0. The fraction of sp³-hybridized carbons (Fsp3) is 0.529. The summed E-state index contributed by atoms with van der Waals surface area (Å²) in [4.78, 5) is 26.1. The van der Waals surface area contributed by atoms with E-state index < -0.39 is 5.92 Å². The highest BCUT2D eigenvalue weighted by atomic mass is 16.5. The molecule has 0 saturated carbocycles. The summed E-state index contributed by atoms with van der Waals surface area (Å²) in [5.74, 6) is 0.219. The SMILES string of the molecule is COc1ccc(N2CC(C(=O)N[C@H](CO)C(C)C)CC2=O)cc1. The van der Waals surface area contributed by atoms with Crippen molar-refractivity contribution < 1.29 is 19.4 Å². The van der Waals surface area contributed by atoms with Crippen LogP contribution in [-0.2, 0) is 9.59 Å². The van der Waals surface area contributed by atoms with Crippen LogP contribution in [0, 0.1) is 11.8 Å². The zero-order chi connectivity index (χ0) is 17.0. The first-order chi connectivity index (χ1) is 11.0. The molecule has 6 nitrogen and oxygen atoms in total. The summed E-state index contributed by atoms with van der Waals surface area (Å²) in [5, 5.41) is 12.1. The second kappa shape index (κ2) is 7.46. The molecule has 1 aromatic rings. The summed E-state index contributed by atoms with van der Waals surface area (Å²) < 4.78 is 5.11. The molecule has 1 unspecified atom stereocenters. The maximum Gasteiger partial charge on any atom is 0.227 e. The Labute approximate surface area is 136 Å². The molecule has 2 atom stereocenters. The average Bonchev–Trinajstić information content (AvgIpc) is 2.94. The summed E-state index contributed by atoms with van der Waals surface area (Å²) >= 11 is 0. The first-order valence-electron chi connectivity index (χ1n) is 7.82. The lowest BCUT2D eigenvalue weighted by molar-refractivity contribution is -0.127. The quantitative estimate of drug-likeness (QED) is 0.825. The first kappa shape index (κ1) is 17.3. The third-order valence-corrected chi connectivity index (χ3v) is 4.21. The number of hydrogen-bond acceptors (Lipinski definition) is 4. The summed E-state index contributed by atoms with van der Waals surface area (Å²) in [7, 11) is 1.59. The van der Waals surface area contributed by atoms with E-state index in [1.807, 2.05) is 26.0 Å². The van der Waals surface area contributed by atoms with E-state index in [-0.39, 0.29) is 36.8 Å². The molecule has 1 heterocycles. The van der Waals surface area contributed by atoms with Crippen molar-refractivity contribution in [3.05, 3.63) is 24.3 Å². The van der Waals surface area contributed by atoms with Crippen molar-refractivity contribution in [2.75, 3.05) is 25.2 Å². The van der Waals surface area contributed by atoms with Gasteiger partial charge in [-0.2, -0.15) is 0 Å². The topological polar surface area (TPSA) is 78.9 Å². The van der Waals surface area contributed by atoms with Gasteiger partial charge in [0.05, 0.1) is 25.7 Å². The van der Waals surface area contributed by atoms with E-state index in [0.29, 0.717) is 6.54 Å². The molecular weight excluding hydrogens is 296 g/mol. The van der Waals surface area contributed by atoms with Crippen molar-refractivity contribution in [3.63, 3.8) is 0 Å². The average molecular weight is 320 g/mol. The summed E-state index contributed by atoms with van der Waals surface area (Å²) in [6.07, 6.45) is 0.189. The van der Waals surface area contributed by atoms with Gasteiger partial charge in [-0.15, -0.1) is 0 Å². The van der Waals surface area contributed by atoms with E-state index in [1.165, 1.54) is 0 Å². The Hall–Kier alpha value is -2.08. The van der Waals surface area contributed by atoms with Crippen LogP contribution in [0.15, 0.2) is 24.3 Å². The Kier molecular flexibility index (Phi) is 5.60. The Morgan fingerprint density at radius 2 is 2.04 bits per heavy atom. The van der Waals surface area contributed by atoms with Crippen LogP contribution in [0.25, 0.3) is 0 Å². The van der Waals surface area contributed by atoms with Crippen LogP contribution in [0.3, 0.4) is 0 Å². The molecule has 0 aliphatic carbocycles. The van der Waals surface area contributed by atoms with Gasteiger partial charge in [-0.05, 0) is 30.2 Å². The zero-order valence-electron chi connectivity index (χ0n) is 13.8. The number of nitrogens with one attached hydrogen (secondary N) is 1. The van der Waals surface area contributed by atoms with Gasteiger partial charge < -0.3 is 20.1 Å². The number of anilines is 1. The zero-order valence-corrected chi connectivity index (χ0v) is 13.8. The van der Waals surface area contributed by atoms with E-state index >= 15 is 0 Å². The van der Waals surface area contributed by atoms with E-state index in [4.69, 9.17) is 4.74 Å². The molecule has 0 spiro atoms. The van der Waals surface area contributed by atoms with Crippen LogP contribution in [0.4, 0.5) is 5.69 Å². The predicted molar refractivity (Wildman–Crippen MR) is 87.3 cm³/mol. The molecule has 23 heavy (non-hydrogen) atoms. The van der Waals surface area contributed by atoms with Gasteiger partial charge in [-0.25, -0.2) is 0 Å². The van der Waals surface area contributed by atoms with Crippen molar-refractivity contribution in [1.82, 2.24) is 5.32 Å². The van der Waals surface area contributed by atoms with Crippen molar-refractivity contribution in [3.8, 4) is 5.75 Å². The maximum absolute atomic E-state index is 12.3. The molecule has 2 N–H and O–H groups in total. The lowest BCUT2D eigenvalue weighted by Crippen LogP contribution is -2.44. The molecule has 1 aromatic carbocycles. The fourth-order valence-electron chi connectivity index (χ4n) is 2.62. The van der Waals surface area contributed by atoms with Crippen molar-refractivity contribution >= 4 is 17.5 Å². The van der Waals surface area contributed by atoms with Crippen LogP contribution in [0.5, 0.6) is 5.75 Å². The Morgan fingerprint density at radius 3 is 2.57 bits per heavy atom. The predicted octanol–water partition coefficient (Wildman–Crippen LogP) is 1.18. The highest BCUT2D eigenvalue weighted by Crippen LogP contribution is 2.27. The minimum atomic E-state index is -0.391. The largest absolute Gasteiger partial charge is 0.497 e. The van der Waals surface area contributed by atoms with Crippen LogP contribution in [0.2, 0.25) is 0 Å². The number of ether oxygens (including phenoxy) is 1. The van der Waals surface area contributed by atoms with Crippen LogP contribution < -0.4 is 15.0 Å². The van der Waals surface area contributed by atoms with Gasteiger partial charge in [0.15, 0.2) is 0 Å². The van der Waals surface area contributed by atoms with E-state index in [9.17, 15) is 14.7 Å². The fourth-order valence-corrected chi connectivity index (χ4v) is 2.62. The second-order valence-electron chi connectivity index (χ2n) is 6.15. The highest BCUT2D eigenvalue weighted by Gasteiger charge is 2.36. The number of amides is 2. The molecule has 1 aliphatic heterocycles. The Morgan fingerprint density at radius 1 is 1.39 bits per heavy atom. The number of methoxy groups -OCH3 is 1. The van der Waals surface area contributed by atoms with Crippen LogP contribution >= 0.6 is 0 Å². The van der Waals surface area contributed by atoms with Gasteiger partial charge >= 0.3 is 0 Å². The number of aliphatic hydroxyl groups is 1. The molecule has 0 radical (unpaired) electrons. The van der Waals surface area contributed by atoms with E-state index in [1.54, 1.807) is 24.1 Å². The van der Waals surface area contributed by atoms with Gasteiger partial charge in [0.2, 0.25) is 11.8 Å². The summed E-state index contributed by atoms with van der Waals surface area (Å²) in [6.45, 7) is 4.12. The first-order valence-corrected chi connectivity index (χ1v) is 7.82. The minimum absolute atomic E-state index is 0.0691. The molecule has 1 aliphatic rings. The normalized spacial score (nSPS) is 19.1. The number of carbonyl (C=O) groups excluding carboxylic acids is 2. The smallest absolute Gasteiger partial charge is 0.227 e. The monoisotopic (exact) mass is 320 g/mol. The number of rotatable bonds is 6. The summed E-state index contributed by atoms with van der Waals surface area (Å²) in [5.41, 5.74) is 0.758. The molecule has 0 aromatic heterocycles. The summed E-state index contributed by atoms with van der Waals surface area (Å²) in [6, 6.07) is 6.91. The molecule has 1 fully saturated rings. The van der Waals surface area contributed by atoms with Crippen LogP contribution in [0.1, 0.15) is 20.3 Å². The Balaban J connectivity index is 2.02. The van der Waals surface area contributed by atoms with E-state index in [2.05, 4.69) is 5.32 Å². The maximum atomic E-state index is 12.3. The van der Waals surface area contributed by atoms with Gasteiger partial charge in [0.1, 0.15) is 5.75 Å². The highest BCUT2D eigenvalue weighted by molar-refractivity contribution is 6.00. The molecule has 1 saturated heterocycles. The van der Waals surface area contributed by atoms with Gasteiger partial charge in [0, 0.05) is 18.7 Å². The third-order valence-electron chi connectivity index (χ3n) is 4.21. The Bertz CT molecular complexity index is 556. The number of nitrogens with zero attached hydrogens (tertiary/aromatic N) is 1. The van der Waals surface area contributed by atoms with Crippen LogP contribution in [-0.4, -0.2) is 43.2 Å². The van der Waals surface area contributed by atoms with Gasteiger partial charge in [-0.3, -0.25) is 9.59 Å². The minimum Gasteiger partial charge on any atom is -0.497 e. The molecule has 6 heteroatoms. The molecule has 2 amide bonds.